The van der Waals surface area contributed by atoms with Gasteiger partial charge in [-0.15, -0.1) is 11.3 Å². The fraction of sp³-hybridized carbons (Fsp3) is 0.520. The number of oxazole rings is 1. The molecule has 9 heteroatoms. The van der Waals surface area contributed by atoms with Gasteiger partial charge in [-0.1, -0.05) is 12.1 Å². The Morgan fingerprint density at radius 2 is 1.82 bits per heavy atom. The number of carbonyl (C=O) groups excluding carboxylic acids is 2. The lowest BCUT2D eigenvalue weighted by atomic mass is 9.96. The molecule has 0 aliphatic carbocycles. The third-order valence-corrected chi connectivity index (χ3v) is 7.73. The van der Waals surface area contributed by atoms with Gasteiger partial charge in [0.15, 0.2) is 11.6 Å². The SMILES string of the molecule is Cc1oc(C2CCN(C(=O)CCCc3nc4ccccc4s3)CC2)nc1C(=O)N1CCOCC1. The van der Waals surface area contributed by atoms with Gasteiger partial charge in [-0.25, -0.2) is 9.97 Å². The Labute approximate surface area is 202 Å². The van der Waals surface area contributed by atoms with Gasteiger partial charge in [-0.3, -0.25) is 9.59 Å². The van der Waals surface area contributed by atoms with Gasteiger partial charge in [-0.05, 0) is 44.7 Å². The van der Waals surface area contributed by atoms with Crippen LogP contribution in [-0.4, -0.2) is 71.0 Å². The third kappa shape index (κ3) is 5.00. The number of fused-ring (bicyclic) bond motifs is 1. The zero-order valence-corrected chi connectivity index (χ0v) is 20.3. The largest absolute Gasteiger partial charge is 0.445 e. The molecule has 2 aromatic heterocycles. The highest BCUT2D eigenvalue weighted by Gasteiger charge is 2.30. The van der Waals surface area contributed by atoms with E-state index in [2.05, 4.69) is 16.0 Å². The summed E-state index contributed by atoms with van der Waals surface area (Å²) in [5.41, 5.74) is 1.44. The Morgan fingerprint density at radius 3 is 2.59 bits per heavy atom. The van der Waals surface area contributed by atoms with Gasteiger partial charge >= 0.3 is 0 Å². The van der Waals surface area contributed by atoms with E-state index in [1.165, 1.54) is 4.70 Å². The van der Waals surface area contributed by atoms with Gasteiger partial charge < -0.3 is 19.0 Å². The van der Waals surface area contributed by atoms with E-state index >= 15 is 0 Å². The predicted molar refractivity (Wildman–Crippen MR) is 129 cm³/mol. The van der Waals surface area contributed by atoms with Crippen LogP contribution in [0.15, 0.2) is 28.7 Å². The molecule has 2 saturated heterocycles. The van der Waals surface area contributed by atoms with E-state index < -0.39 is 0 Å². The van der Waals surface area contributed by atoms with Crippen molar-refractivity contribution in [3.8, 4) is 0 Å². The van der Waals surface area contributed by atoms with Crippen LogP contribution in [0.1, 0.15) is 58.7 Å². The zero-order valence-electron chi connectivity index (χ0n) is 19.5. The second-order valence-corrected chi connectivity index (χ2v) is 10.1. The quantitative estimate of drug-likeness (QED) is 0.531. The summed E-state index contributed by atoms with van der Waals surface area (Å²) < 4.78 is 12.4. The molecule has 34 heavy (non-hydrogen) atoms. The van der Waals surface area contributed by atoms with Crippen molar-refractivity contribution >= 4 is 33.4 Å². The smallest absolute Gasteiger partial charge is 0.276 e. The number of piperidine rings is 1. The number of benzene rings is 1. The minimum atomic E-state index is -0.0865. The van der Waals surface area contributed by atoms with E-state index in [1.54, 1.807) is 23.2 Å². The maximum absolute atomic E-state index is 12.8. The van der Waals surface area contributed by atoms with Crippen molar-refractivity contribution in [3.63, 3.8) is 0 Å². The number of morpholine rings is 1. The highest BCUT2D eigenvalue weighted by molar-refractivity contribution is 7.18. The van der Waals surface area contributed by atoms with E-state index in [9.17, 15) is 9.59 Å². The van der Waals surface area contributed by atoms with E-state index in [4.69, 9.17) is 9.15 Å². The molecule has 0 radical (unpaired) electrons. The van der Waals surface area contributed by atoms with Gasteiger partial charge in [0, 0.05) is 38.5 Å². The van der Waals surface area contributed by atoms with Crippen LogP contribution >= 0.6 is 11.3 Å². The summed E-state index contributed by atoms with van der Waals surface area (Å²) in [7, 11) is 0. The lowest BCUT2D eigenvalue weighted by molar-refractivity contribution is -0.132. The van der Waals surface area contributed by atoms with Gasteiger partial charge in [0.1, 0.15) is 5.76 Å². The molecular weight excluding hydrogens is 452 g/mol. The number of ether oxygens (including phenoxy) is 1. The molecular formula is C25H30N4O4S. The van der Waals surface area contributed by atoms with Crippen molar-refractivity contribution in [1.29, 1.82) is 0 Å². The average Bonchev–Trinajstić information content (AvgIpc) is 3.47. The summed E-state index contributed by atoms with van der Waals surface area (Å²) in [6.07, 6.45) is 3.78. The number of rotatable bonds is 6. The molecule has 0 saturated carbocycles. The number of likely N-dealkylation sites (tertiary alicyclic amines) is 1. The molecule has 2 fully saturated rings. The minimum absolute atomic E-state index is 0.0865. The monoisotopic (exact) mass is 482 g/mol. The van der Waals surface area contributed by atoms with Crippen LogP contribution < -0.4 is 0 Å². The number of nitrogens with zero attached hydrogens (tertiary/aromatic N) is 4. The topological polar surface area (TPSA) is 88.8 Å². The van der Waals surface area contributed by atoms with Gasteiger partial charge in [0.25, 0.3) is 5.91 Å². The first-order valence-electron chi connectivity index (χ1n) is 12.0. The maximum atomic E-state index is 12.8. The highest BCUT2D eigenvalue weighted by Crippen LogP contribution is 2.30. The van der Waals surface area contributed by atoms with Gasteiger partial charge in [0.05, 0.1) is 28.4 Å². The van der Waals surface area contributed by atoms with Crippen LogP contribution in [0.2, 0.25) is 0 Å². The van der Waals surface area contributed by atoms with Crippen molar-refractivity contribution in [2.24, 2.45) is 0 Å². The molecule has 2 aliphatic rings. The maximum Gasteiger partial charge on any atom is 0.276 e. The van der Waals surface area contributed by atoms with Crippen LogP contribution in [-0.2, 0) is 16.0 Å². The Balaban J connectivity index is 1.10. The lowest BCUT2D eigenvalue weighted by Crippen LogP contribution is -2.41. The fourth-order valence-electron chi connectivity index (χ4n) is 4.66. The zero-order chi connectivity index (χ0) is 23.5. The fourth-order valence-corrected chi connectivity index (χ4v) is 5.67. The third-order valence-electron chi connectivity index (χ3n) is 6.63. The van der Waals surface area contributed by atoms with E-state index in [0.717, 1.165) is 36.2 Å². The number of hydrogen-bond acceptors (Lipinski definition) is 7. The molecule has 0 bridgehead atoms. The van der Waals surface area contributed by atoms with Crippen molar-refractivity contribution in [2.75, 3.05) is 39.4 Å². The lowest BCUT2D eigenvalue weighted by Gasteiger charge is -2.30. The van der Waals surface area contributed by atoms with Crippen LogP contribution in [0.4, 0.5) is 0 Å². The molecule has 4 heterocycles. The standard InChI is InChI=1S/C25H30N4O4S/c1-17-23(25(31)29-13-15-32-16-14-29)27-24(33-17)18-9-11-28(12-10-18)22(30)8-4-7-21-26-19-5-2-3-6-20(19)34-21/h2-3,5-6,18H,4,7-16H2,1H3. The molecule has 2 amide bonds. The molecule has 0 atom stereocenters. The number of aryl methyl sites for hydroxylation is 2. The molecule has 8 nitrogen and oxygen atoms in total. The summed E-state index contributed by atoms with van der Waals surface area (Å²) >= 11 is 1.71. The van der Waals surface area contributed by atoms with Crippen molar-refractivity contribution in [2.45, 2.75) is 44.9 Å². The summed E-state index contributed by atoms with van der Waals surface area (Å²) in [5.74, 6) is 1.44. The minimum Gasteiger partial charge on any atom is -0.445 e. The Kier molecular flexibility index (Phi) is 6.92. The first-order chi connectivity index (χ1) is 16.6. The van der Waals surface area contributed by atoms with Crippen LogP contribution in [0.5, 0.6) is 0 Å². The second kappa shape index (κ2) is 10.2. The van der Waals surface area contributed by atoms with Crippen molar-refractivity contribution in [1.82, 2.24) is 19.8 Å². The summed E-state index contributed by atoms with van der Waals surface area (Å²) in [5, 5.41) is 1.09. The van der Waals surface area contributed by atoms with Gasteiger partial charge in [0.2, 0.25) is 5.91 Å². The average molecular weight is 483 g/mol. The Hall–Kier alpha value is -2.78. The summed E-state index contributed by atoms with van der Waals surface area (Å²) in [6.45, 7) is 5.47. The molecule has 3 aromatic rings. The van der Waals surface area contributed by atoms with Crippen molar-refractivity contribution < 1.29 is 18.7 Å². The molecule has 0 N–H and O–H groups in total. The van der Waals surface area contributed by atoms with E-state index in [-0.39, 0.29) is 17.7 Å². The summed E-state index contributed by atoms with van der Waals surface area (Å²) in [6, 6.07) is 8.14. The number of aromatic nitrogens is 2. The molecule has 5 rings (SSSR count). The van der Waals surface area contributed by atoms with E-state index in [0.29, 0.717) is 63.2 Å². The predicted octanol–water partition coefficient (Wildman–Crippen LogP) is 3.79. The number of para-hydroxylation sites is 1. The molecule has 0 unspecified atom stereocenters. The van der Waals surface area contributed by atoms with Crippen LogP contribution in [0, 0.1) is 6.92 Å². The normalized spacial score (nSPS) is 17.4. The Morgan fingerprint density at radius 1 is 1.06 bits per heavy atom. The molecule has 0 spiro atoms. The molecule has 2 aliphatic heterocycles. The molecule has 180 valence electrons. The highest BCUT2D eigenvalue weighted by atomic mass is 32.1. The number of hydrogen-bond donors (Lipinski definition) is 0. The second-order valence-electron chi connectivity index (χ2n) is 8.95. The number of thiazole rings is 1. The first kappa shape index (κ1) is 23.0. The van der Waals surface area contributed by atoms with Crippen molar-refractivity contribution in [3.05, 3.63) is 46.6 Å². The number of amides is 2. The summed E-state index contributed by atoms with van der Waals surface area (Å²) in [4.78, 5) is 38.5. The molecule has 1 aromatic carbocycles. The first-order valence-corrected chi connectivity index (χ1v) is 12.9. The van der Waals surface area contributed by atoms with Gasteiger partial charge in [-0.2, -0.15) is 0 Å². The van der Waals surface area contributed by atoms with E-state index in [1.807, 2.05) is 23.1 Å². The Bertz CT molecular complexity index is 1130. The number of carbonyl (C=O) groups is 2. The van der Waals surface area contributed by atoms with Crippen LogP contribution in [0.3, 0.4) is 0 Å². The van der Waals surface area contributed by atoms with Crippen LogP contribution in [0.25, 0.3) is 10.2 Å².